The molecule has 4 aliphatic rings. The van der Waals surface area contributed by atoms with Crippen molar-refractivity contribution in [1.29, 1.82) is 0 Å². The Morgan fingerprint density at radius 2 is 1.95 bits per heavy atom. The van der Waals surface area contributed by atoms with E-state index >= 15 is 0 Å². The lowest BCUT2D eigenvalue weighted by Gasteiger charge is -2.33. The molecule has 1 saturated heterocycles. The molecule has 2 N–H and O–H groups in total. The number of fused-ring (bicyclic) bond motifs is 3. The summed E-state index contributed by atoms with van der Waals surface area (Å²) in [6.07, 6.45) is 16.4. The van der Waals surface area contributed by atoms with Gasteiger partial charge in [-0.1, -0.05) is 31.1 Å². The van der Waals surface area contributed by atoms with Crippen LogP contribution in [0.25, 0.3) is 0 Å². The van der Waals surface area contributed by atoms with Gasteiger partial charge in [0.1, 0.15) is 5.76 Å². The Kier molecular flexibility index (Phi) is 3.22. The van der Waals surface area contributed by atoms with E-state index in [1.54, 1.807) is 0 Å². The highest BCUT2D eigenvalue weighted by molar-refractivity contribution is 5.40. The molecular weight excluding hydrogens is 246 g/mol. The highest BCUT2D eigenvalue weighted by atomic mass is 16.3. The number of hydrogen-bond donors (Lipinski definition) is 2. The smallest absolute Gasteiger partial charge is 0.101 e. The summed E-state index contributed by atoms with van der Waals surface area (Å²) in [5.41, 5.74) is 2.67. The summed E-state index contributed by atoms with van der Waals surface area (Å²) >= 11 is 0. The van der Waals surface area contributed by atoms with E-state index in [2.05, 4.69) is 23.5 Å². The average Bonchev–Trinajstić information content (AvgIpc) is 2.88. The van der Waals surface area contributed by atoms with Crippen molar-refractivity contribution in [2.24, 2.45) is 11.8 Å². The van der Waals surface area contributed by atoms with E-state index < -0.39 is 0 Å². The second-order valence-corrected chi connectivity index (χ2v) is 6.91. The van der Waals surface area contributed by atoms with Gasteiger partial charge >= 0.3 is 0 Å². The van der Waals surface area contributed by atoms with Crippen molar-refractivity contribution in [2.45, 2.75) is 63.5 Å². The summed E-state index contributed by atoms with van der Waals surface area (Å²) in [7, 11) is 0. The van der Waals surface area contributed by atoms with Gasteiger partial charge in [-0.15, -0.1) is 0 Å². The molecule has 2 heteroatoms. The van der Waals surface area contributed by atoms with Crippen LogP contribution in [0.1, 0.15) is 51.4 Å². The van der Waals surface area contributed by atoms with Crippen LogP contribution in [-0.2, 0) is 0 Å². The summed E-state index contributed by atoms with van der Waals surface area (Å²) < 4.78 is 0. The first-order valence-corrected chi connectivity index (χ1v) is 8.39. The fourth-order valence-electron chi connectivity index (χ4n) is 4.94. The van der Waals surface area contributed by atoms with Gasteiger partial charge in [0, 0.05) is 18.0 Å². The summed E-state index contributed by atoms with van der Waals surface area (Å²) in [5, 5.41) is 14.7. The van der Waals surface area contributed by atoms with Gasteiger partial charge in [-0.05, 0) is 55.6 Å². The Morgan fingerprint density at radius 3 is 2.80 bits per heavy atom. The molecule has 20 heavy (non-hydrogen) atoms. The van der Waals surface area contributed by atoms with E-state index in [1.807, 2.05) is 0 Å². The largest absolute Gasteiger partial charge is 0.512 e. The first-order chi connectivity index (χ1) is 9.84. The van der Waals surface area contributed by atoms with Gasteiger partial charge in [-0.2, -0.15) is 0 Å². The van der Waals surface area contributed by atoms with Crippen molar-refractivity contribution < 1.29 is 5.11 Å². The second kappa shape index (κ2) is 5.07. The van der Waals surface area contributed by atoms with Gasteiger partial charge in [-0.25, -0.2) is 0 Å². The van der Waals surface area contributed by atoms with Crippen molar-refractivity contribution in [1.82, 2.24) is 5.32 Å². The molecule has 0 spiro atoms. The minimum atomic E-state index is 0.399. The lowest BCUT2D eigenvalue weighted by atomic mass is 9.72. The van der Waals surface area contributed by atoms with Crippen LogP contribution >= 0.6 is 0 Å². The number of rotatable bonds is 1. The maximum absolute atomic E-state index is 10.9. The number of allylic oxidation sites excluding steroid dienone is 5. The molecule has 1 aliphatic heterocycles. The normalized spacial score (nSPS) is 40.3. The van der Waals surface area contributed by atoms with Crippen molar-refractivity contribution in [3.8, 4) is 0 Å². The zero-order chi connectivity index (χ0) is 13.5. The van der Waals surface area contributed by atoms with Crippen LogP contribution in [0.4, 0.5) is 0 Å². The first-order valence-electron chi connectivity index (χ1n) is 8.39. The predicted molar refractivity (Wildman–Crippen MR) is 81.5 cm³/mol. The first kappa shape index (κ1) is 12.7. The monoisotopic (exact) mass is 271 g/mol. The van der Waals surface area contributed by atoms with E-state index in [0.717, 1.165) is 25.0 Å². The number of nitrogens with one attached hydrogen (secondary N) is 1. The Balaban J connectivity index is 1.66. The second-order valence-electron chi connectivity index (χ2n) is 6.91. The third-order valence-corrected chi connectivity index (χ3v) is 5.87. The van der Waals surface area contributed by atoms with Crippen LogP contribution in [-0.4, -0.2) is 17.2 Å². The average molecular weight is 271 g/mol. The van der Waals surface area contributed by atoms with Gasteiger partial charge in [-0.3, -0.25) is 0 Å². The Hall–Kier alpha value is -1.02. The maximum Gasteiger partial charge on any atom is 0.101 e. The van der Waals surface area contributed by atoms with Crippen LogP contribution in [0, 0.1) is 11.8 Å². The summed E-state index contributed by atoms with van der Waals surface area (Å²) in [5.74, 6) is 1.82. The Labute approximate surface area is 121 Å². The van der Waals surface area contributed by atoms with Crippen LogP contribution in [0.15, 0.2) is 35.1 Å². The lowest BCUT2D eigenvalue weighted by Crippen LogP contribution is -2.34. The molecule has 0 aromatic rings. The molecule has 0 amide bonds. The van der Waals surface area contributed by atoms with Gasteiger partial charge in [0.25, 0.3) is 0 Å². The van der Waals surface area contributed by atoms with Crippen molar-refractivity contribution in [2.75, 3.05) is 0 Å². The summed E-state index contributed by atoms with van der Waals surface area (Å²) in [4.78, 5) is 0. The van der Waals surface area contributed by atoms with E-state index in [-0.39, 0.29) is 0 Å². The van der Waals surface area contributed by atoms with Crippen LogP contribution < -0.4 is 5.32 Å². The zero-order valence-corrected chi connectivity index (χ0v) is 12.1. The van der Waals surface area contributed by atoms with E-state index in [0.29, 0.717) is 23.9 Å². The molecule has 2 fully saturated rings. The number of aliphatic hydroxyl groups excluding tert-OH is 1. The van der Waals surface area contributed by atoms with Gasteiger partial charge in [0.05, 0.1) is 0 Å². The maximum atomic E-state index is 10.9. The molecule has 0 aromatic heterocycles. The molecule has 2 nitrogen and oxygen atoms in total. The summed E-state index contributed by atoms with van der Waals surface area (Å²) in [6, 6.07) is 1.20. The zero-order valence-electron chi connectivity index (χ0n) is 12.1. The van der Waals surface area contributed by atoms with Gasteiger partial charge in [0.2, 0.25) is 0 Å². The molecule has 0 aromatic carbocycles. The topological polar surface area (TPSA) is 32.3 Å². The fourth-order valence-corrected chi connectivity index (χ4v) is 4.94. The number of aliphatic hydroxyl groups is 1. The molecule has 1 saturated carbocycles. The van der Waals surface area contributed by atoms with Gasteiger partial charge < -0.3 is 10.4 Å². The molecule has 0 bridgehead atoms. The highest BCUT2D eigenvalue weighted by Crippen LogP contribution is 2.47. The molecule has 108 valence electrons. The number of hydrogen-bond acceptors (Lipinski definition) is 2. The predicted octanol–water partition coefficient (Wildman–Crippen LogP) is 4.02. The van der Waals surface area contributed by atoms with Crippen molar-refractivity contribution in [3.63, 3.8) is 0 Å². The van der Waals surface area contributed by atoms with Crippen LogP contribution in [0.5, 0.6) is 0 Å². The minimum absolute atomic E-state index is 0.399. The Bertz CT molecular complexity index is 488. The molecule has 3 aliphatic carbocycles. The minimum Gasteiger partial charge on any atom is -0.512 e. The highest BCUT2D eigenvalue weighted by Gasteiger charge is 2.47. The standard InChI is InChI=1S/C18H25NO/c20-18-13(12-6-2-1-3-7-12)10-11-16-17(18)14-8-4-5-9-15(14)19-16/h1-2,6,14-17,19-20H,3-5,7-11H2. The van der Waals surface area contributed by atoms with Crippen molar-refractivity contribution >= 4 is 0 Å². The Morgan fingerprint density at radius 1 is 1.05 bits per heavy atom. The molecule has 4 rings (SSSR count). The lowest BCUT2D eigenvalue weighted by molar-refractivity contribution is 0.215. The molecular formula is C18H25NO. The van der Waals surface area contributed by atoms with Crippen LogP contribution in [0.3, 0.4) is 0 Å². The quantitative estimate of drug-likeness (QED) is 0.755. The van der Waals surface area contributed by atoms with E-state index in [4.69, 9.17) is 0 Å². The van der Waals surface area contributed by atoms with E-state index in [9.17, 15) is 5.11 Å². The molecule has 4 atom stereocenters. The summed E-state index contributed by atoms with van der Waals surface area (Å²) in [6.45, 7) is 0. The molecule has 1 heterocycles. The fraction of sp³-hybridized carbons (Fsp3) is 0.667. The molecule has 0 radical (unpaired) electrons. The van der Waals surface area contributed by atoms with Crippen LogP contribution in [0.2, 0.25) is 0 Å². The SMILES string of the molecule is OC1=C(C2=CC=CCC2)CCC2NC3CCCCC3C12. The third kappa shape index (κ3) is 1.96. The third-order valence-electron chi connectivity index (χ3n) is 5.87. The van der Waals surface area contributed by atoms with Gasteiger partial charge in [0.15, 0.2) is 0 Å². The van der Waals surface area contributed by atoms with E-state index in [1.165, 1.54) is 43.3 Å². The van der Waals surface area contributed by atoms with Crippen molar-refractivity contribution in [3.05, 3.63) is 35.1 Å². The molecule has 4 unspecified atom stereocenters.